The third-order valence-electron chi connectivity index (χ3n) is 3.65. The van der Waals surface area contributed by atoms with Crippen molar-refractivity contribution in [2.24, 2.45) is 11.8 Å². The van der Waals surface area contributed by atoms with Gasteiger partial charge in [0.1, 0.15) is 5.60 Å². The first-order valence-corrected chi connectivity index (χ1v) is 8.49. The van der Waals surface area contributed by atoms with Crippen molar-refractivity contribution in [2.45, 2.75) is 53.1 Å². The smallest absolute Gasteiger partial charge is 0.410 e. The number of amides is 1. The Morgan fingerprint density at radius 1 is 1.08 bits per heavy atom. The van der Waals surface area contributed by atoms with Crippen LogP contribution in [-0.4, -0.2) is 54.8 Å². The highest BCUT2D eigenvalue weighted by Crippen LogP contribution is 2.26. The minimum absolute atomic E-state index is 0.0383. The number of hydrogen-bond donors (Lipinski definition) is 0. The second-order valence-corrected chi connectivity index (χ2v) is 6.87. The van der Waals surface area contributed by atoms with E-state index >= 15 is 0 Å². The molecule has 0 aromatic rings. The van der Waals surface area contributed by atoms with Gasteiger partial charge in [-0.05, 0) is 53.4 Å². The van der Waals surface area contributed by atoms with Gasteiger partial charge in [0.15, 0.2) is 5.92 Å². The largest absolute Gasteiger partial charge is 0.465 e. The van der Waals surface area contributed by atoms with Gasteiger partial charge in [0.05, 0.1) is 13.2 Å². The molecule has 0 aromatic heterocycles. The summed E-state index contributed by atoms with van der Waals surface area (Å²) in [6.07, 6.45) is 0.666. The Labute approximate surface area is 143 Å². The van der Waals surface area contributed by atoms with Crippen LogP contribution in [0.4, 0.5) is 4.79 Å². The molecule has 0 spiro atoms. The number of rotatable bonds is 6. The van der Waals surface area contributed by atoms with Crippen molar-refractivity contribution in [3.05, 3.63) is 0 Å². The molecule has 1 unspecified atom stereocenters. The molecule has 1 aliphatic rings. The molecular formula is C17H29NO6. The minimum atomic E-state index is -0.937. The zero-order chi connectivity index (χ0) is 18.3. The second-order valence-electron chi connectivity index (χ2n) is 6.87. The Morgan fingerprint density at radius 2 is 1.62 bits per heavy atom. The number of likely N-dealkylation sites (tertiary alicyclic amines) is 1. The normalized spacial score (nSPS) is 17.8. The van der Waals surface area contributed by atoms with Crippen LogP contribution in [-0.2, 0) is 23.8 Å². The number of ether oxygens (including phenoxy) is 3. The first-order valence-electron chi connectivity index (χ1n) is 8.49. The van der Waals surface area contributed by atoms with E-state index in [0.717, 1.165) is 0 Å². The van der Waals surface area contributed by atoms with Gasteiger partial charge in [-0.15, -0.1) is 0 Å². The summed E-state index contributed by atoms with van der Waals surface area (Å²) in [5.41, 5.74) is -0.548. The van der Waals surface area contributed by atoms with Crippen LogP contribution in [0.5, 0.6) is 0 Å². The lowest BCUT2D eigenvalue weighted by Gasteiger charge is -2.24. The number of esters is 2. The van der Waals surface area contributed by atoms with Crippen LogP contribution in [0.1, 0.15) is 47.5 Å². The van der Waals surface area contributed by atoms with E-state index in [1.54, 1.807) is 18.7 Å². The number of carbonyl (C=O) groups is 3. The summed E-state index contributed by atoms with van der Waals surface area (Å²) in [7, 11) is 0. The van der Waals surface area contributed by atoms with Crippen molar-refractivity contribution in [3.8, 4) is 0 Å². The zero-order valence-corrected chi connectivity index (χ0v) is 15.3. The first-order chi connectivity index (χ1) is 11.2. The fraction of sp³-hybridized carbons (Fsp3) is 0.824. The molecule has 1 saturated heterocycles. The second kappa shape index (κ2) is 8.89. The molecule has 0 aliphatic carbocycles. The maximum atomic E-state index is 12.1. The van der Waals surface area contributed by atoms with Gasteiger partial charge >= 0.3 is 18.0 Å². The molecule has 1 rings (SSSR count). The lowest BCUT2D eigenvalue weighted by Crippen LogP contribution is -2.36. The first kappa shape index (κ1) is 20.3. The fourth-order valence-corrected chi connectivity index (χ4v) is 2.63. The fourth-order valence-electron chi connectivity index (χ4n) is 2.63. The van der Waals surface area contributed by atoms with Gasteiger partial charge in [-0.3, -0.25) is 9.59 Å². The highest BCUT2D eigenvalue weighted by Gasteiger charge is 2.36. The SMILES string of the molecule is CCOC(=O)C(CC1CCN(C(=O)OC(C)(C)C)C1)C(=O)OCC. The molecule has 1 aliphatic heterocycles. The van der Waals surface area contributed by atoms with E-state index in [1.807, 2.05) is 20.8 Å². The van der Waals surface area contributed by atoms with Gasteiger partial charge in [0.2, 0.25) is 0 Å². The van der Waals surface area contributed by atoms with Crippen LogP contribution in [0.15, 0.2) is 0 Å². The highest BCUT2D eigenvalue weighted by atomic mass is 16.6. The summed E-state index contributed by atoms with van der Waals surface area (Å²) >= 11 is 0. The molecule has 0 bridgehead atoms. The third kappa shape index (κ3) is 6.37. The average molecular weight is 343 g/mol. The maximum absolute atomic E-state index is 12.1. The van der Waals surface area contributed by atoms with Crippen molar-refractivity contribution >= 4 is 18.0 Å². The van der Waals surface area contributed by atoms with Crippen molar-refractivity contribution < 1.29 is 28.6 Å². The Morgan fingerprint density at radius 3 is 2.08 bits per heavy atom. The van der Waals surface area contributed by atoms with Crippen LogP contribution in [0.25, 0.3) is 0 Å². The van der Waals surface area contributed by atoms with Crippen molar-refractivity contribution in [2.75, 3.05) is 26.3 Å². The zero-order valence-electron chi connectivity index (χ0n) is 15.3. The van der Waals surface area contributed by atoms with E-state index in [4.69, 9.17) is 14.2 Å². The lowest BCUT2D eigenvalue weighted by atomic mass is 9.94. The number of nitrogens with zero attached hydrogens (tertiary/aromatic N) is 1. The Kier molecular flexibility index (Phi) is 7.51. The van der Waals surface area contributed by atoms with Crippen LogP contribution in [0.2, 0.25) is 0 Å². The van der Waals surface area contributed by atoms with E-state index < -0.39 is 23.5 Å². The summed E-state index contributed by atoms with van der Waals surface area (Å²) in [6, 6.07) is 0. The van der Waals surface area contributed by atoms with Gasteiger partial charge in [-0.1, -0.05) is 0 Å². The molecule has 1 amide bonds. The summed E-state index contributed by atoms with van der Waals surface area (Å²) in [5, 5.41) is 0. The molecule has 0 N–H and O–H groups in total. The molecular weight excluding hydrogens is 314 g/mol. The van der Waals surface area contributed by atoms with E-state index in [-0.39, 0.29) is 25.2 Å². The minimum Gasteiger partial charge on any atom is -0.465 e. The molecule has 7 nitrogen and oxygen atoms in total. The monoisotopic (exact) mass is 343 g/mol. The summed E-state index contributed by atoms with van der Waals surface area (Å²) in [5.74, 6) is -2.02. The van der Waals surface area contributed by atoms with Crippen molar-refractivity contribution in [1.29, 1.82) is 0 Å². The average Bonchev–Trinajstić information content (AvgIpc) is 2.92. The molecule has 1 heterocycles. The van der Waals surface area contributed by atoms with Gasteiger partial charge in [-0.25, -0.2) is 4.79 Å². The molecule has 0 radical (unpaired) electrons. The van der Waals surface area contributed by atoms with Crippen LogP contribution in [0, 0.1) is 11.8 Å². The quantitative estimate of drug-likeness (QED) is 0.418. The molecule has 7 heteroatoms. The predicted molar refractivity (Wildman–Crippen MR) is 87.3 cm³/mol. The topological polar surface area (TPSA) is 82.1 Å². The van der Waals surface area contributed by atoms with Gasteiger partial charge in [0, 0.05) is 13.1 Å². The summed E-state index contributed by atoms with van der Waals surface area (Å²) < 4.78 is 15.3. The maximum Gasteiger partial charge on any atom is 0.410 e. The van der Waals surface area contributed by atoms with Crippen molar-refractivity contribution in [3.63, 3.8) is 0 Å². The van der Waals surface area contributed by atoms with Gasteiger partial charge < -0.3 is 19.1 Å². The summed E-state index contributed by atoms with van der Waals surface area (Å²) in [6.45, 7) is 10.3. The number of carbonyl (C=O) groups excluding carboxylic acids is 3. The standard InChI is InChI=1S/C17H29NO6/c1-6-22-14(19)13(15(20)23-7-2)10-12-8-9-18(11-12)16(21)24-17(3,4)5/h12-13H,6-11H2,1-5H3. The van der Waals surface area contributed by atoms with E-state index in [1.165, 1.54) is 0 Å². The number of hydrogen-bond acceptors (Lipinski definition) is 6. The highest BCUT2D eigenvalue weighted by molar-refractivity contribution is 5.94. The van der Waals surface area contributed by atoms with E-state index in [9.17, 15) is 14.4 Å². The Hall–Kier alpha value is -1.79. The Bertz CT molecular complexity index is 438. The third-order valence-corrected chi connectivity index (χ3v) is 3.65. The van der Waals surface area contributed by atoms with Gasteiger partial charge in [-0.2, -0.15) is 0 Å². The van der Waals surface area contributed by atoms with E-state index in [0.29, 0.717) is 25.9 Å². The van der Waals surface area contributed by atoms with Crippen molar-refractivity contribution in [1.82, 2.24) is 4.90 Å². The van der Waals surface area contributed by atoms with Crippen LogP contribution >= 0.6 is 0 Å². The molecule has 24 heavy (non-hydrogen) atoms. The molecule has 1 atom stereocenters. The van der Waals surface area contributed by atoms with E-state index in [2.05, 4.69) is 0 Å². The predicted octanol–water partition coefficient (Wildman–Crippen LogP) is 2.38. The van der Waals surface area contributed by atoms with Crippen LogP contribution in [0.3, 0.4) is 0 Å². The molecule has 1 fully saturated rings. The lowest BCUT2D eigenvalue weighted by molar-refractivity contribution is -0.162. The van der Waals surface area contributed by atoms with Crippen LogP contribution < -0.4 is 0 Å². The molecule has 0 aromatic carbocycles. The molecule has 138 valence electrons. The molecule has 0 saturated carbocycles. The summed E-state index contributed by atoms with van der Waals surface area (Å²) in [4.78, 5) is 37.7. The van der Waals surface area contributed by atoms with Gasteiger partial charge in [0.25, 0.3) is 0 Å². The Balaban J connectivity index is 2.64.